The van der Waals surface area contributed by atoms with Crippen LogP contribution in [0.15, 0.2) is 0 Å². The number of hydrogen-bond donors (Lipinski definition) is 1. The zero-order valence-corrected chi connectivity index (χ0v) is 12.2. The first-order valence-electron chi connectivity index (χ1n) is 7.69. The average Bonchev–Trinajstić information content (AvgIpc) is 2.83. The third-order valence-corrected chi connectivity index (χ3v) is 5.24. The Labute approximate surface area is 112 Å². The minimum Gasteiger partial charge on any atom is -0.377 e. The lowest BCUT2D eigenvalue weighted by atomic mass is 9.72. The summed E-state index contributed by atoms with van der Waals surface area (Å²) in [4.78, 5) is 2.50. The predicted molar refractivity (Wildman–Crippen MR) is 75.6 cm³/mol. The predicted octanol–water partition coefficient (Wildman–Crippen LogP) is 2.39. The molecule has 1 saturated heterocycles. The van der Waals surface area contributed by atoms with Crippen molar-refractivity contribution in [2.45, 2.75) is 64.0 Å². The summed E-state index contributed by atoms with van der Waals surface area (Å²) < 4.78 is 5.66. The van der Waals surface area contributed by atoms with Gasteiger partial charge in [0, 0.05) is 12.6 Å². The summed E-state index contributed by atoms with van der Waals surface area (Å²) in [6.07, 6.45) is 9.70. The van der Waals surface area contributed by atoms with Crippen LogP contribution >= 0.6 is 0 Å². The van der Waals surface area contributed by atoms with Crippen molar-refractivity contribution in [2.75, 3.05) is 26.7 Å². The van der Waals surface area contributed by atoms with Gasteiger partial charge in [-0.3, -0.25) is 0 Å². The Morgan fingerprint density at radius 3 is 2.56 bits per heavy atom. The van der Waals surface area contributed by atoms with Gasteiger partial charge in [0.15, 0.2) is 0 Å². The quantitative estimate of drug-likeness (QED) is 0.819. The Morgan fingerprint density at radius 1 is 1.28 bits per heavy atom. The van der Waals surface area contributed by atoms with E-state index in [0.717, 1.165) is 13.2 Å². The number of likely N-dealkylation sites (N-methyl/N-ethyl adjacent to an activating group) is 1. The number of nitrogens with two attached hydrogens (primary N) is 1. The molecule has 1 saturated carbocycles. The lowest BCUT2D eigenvalue weighted by Gasteiger charge is -2.38. The summed E-state index contributed by atoms with van der Waals surface area (Å²) in [6.45, 7) is 5.18. The molecule has 1 aliphatic heterocycles. The molecule has 18 heavy (non-hydrogen) atoms. The monoisotopic (exact) mass is 254 g/mol. The van der Waals surface area contributed by atoms with Gasteiger partial charge in [-0.1, -0.05) is 19.3 Å². The fourth-order valence-electron chi connectivity index (χ4n) is 3.74. The molecule has 0 aromatic rings. The van der Waals surface area contributed by atoms with Crippen LogP contribution in [0.2, 0.25) is 0 Å². The van der Waals surface area contributed by atoms with Crippen molar-refractivity contribution in [2.24, 2.45) is 11.1 Å². The molecular weight excluding hydrogens is 224 g/mol. The molecule has 0 amide bonds. The van der Waals surface area contributed by atoms with E-state index < -0.39 is 0 Å². The molecule has 2 aliphatic rings. The Hall–Kier alpha value is -0.120. The number of ether oxygens (including phenoxy) is 1. The van der Waals surface area contributed by atoms with E-state index >= 15 is 0 Å². The second-order valence-electron chi connectivity index (χ2n) is 6.43. The number of nitrogens with zero attached hydrogens (tertiary/aromatic N) is 1. The molecular formula is C15H30N2O. The highest BCUT2D eigenvalue weighted by molar-refractivity contribution is 4.87. The van der Waals surface area contributed by atoms with E-state index in [4.69, 9.17) is 10.5 Å². The second-order valence-corrected chi connectivity index (χ2v) is 6.43. The zero-order valence-electron chi connectivity index (χ0n) is 12.2. The lowest BCUT2D eigenvalue weighted by Crippen LogP contribution is -2.41. The zero-order chi connectivity index (χ0) is 13.0. The third-order valence-electron chi connectivity index (χ3n) is 5.24. The molecule has 3 heteroatoms. The summed E-state index contributed by atoms with van der Waals surface area (Å²) in [5.74, 6) is 0. The first-order valence-corrected chi connectivity index (χ1v) is 7.69. The number of hydrogen-bond acceptors (Lipinski definition) is 3. The van der Waals surface area contributed by atoms with Crippen molar-refractivity contribution in [3.8, 4) is 0 Å². The average molecular weight is 254 g/mol. The smallest absolute Gasteiger partial charge is 0.0702 e. The molecule has 2 N–H and O–H groups in total. The van der Waals surface area contributed by atoms with Crippen LogP contribution in [0.1, 0.15) is 51.9 Å². The van der Waals surface area contributed by atoms with Gasteiger partial charge < -0.3 is 15.4 Å². The van der Waals surface area contributed by atoms with E-state index in [1.54, 1.807) is 0 Å². The highest BCUT2D eigenvalue weighted by Crippen LogP contribution is 2.38. The van der Waals surface area contributed by atoms with Gasteiger partial charge in [0.25, 0.3) is 0 Å². The molecule has 1 aliphatic carbocycles. The van der Waals surface area contributed by atoms with Crippen molar-refractivity contribution in [3.05, 3.63) is 0 Å². The van der Waals surface area contributed by atoms with E-state index in [1.165, 1.54) is 51.5 Å². The molecule has 0 aromatic heterocycles. The molecule has 2 fully saturated rings. The van der Waals surface area contributed by atoms with Gasteiger partial charge in [0.05, 0.1) is 6.10 Å². The van der Waals surface area contributed by atoms with Crippen LogP contribution in [0.5, 0.6) is 0 Å². The minimum atomic E-state index is 0.398. The van der Waals surface area contributed by atoms with Gasteiger partial charge in [-0.15, -0.1) is 0 Å². The van der Waals surface area contributed by atoms with E-state index in [1.807, 2.05) is 0 Å². The summed E-state index contributed by atoms with van der Waals surface area (Å²) >= 11 is 0. The molecule has 106 valence electrons. The molecule has 2 rings (SSSR count). The first-order chi connectivity index (χ1) is 8.67. The topological polar surface area (TPSA) is 38.5 Å². The SMILES string of the molecule is CC1OCCC1N(C)CCC1(CN)CCCCC1. The Kier molecular flexibility index (Phi) is 5.05. The van der Waals surface area contributed by atoms with Crippen molar-refractivity contribution in [1.82, 2.24) is 4.90 Å². The fraction of sp³-hybridized carbons (Fsp3) is 1.00. The Morgan fingerprint density at radius 2 is 2.00 bits per heavy atom. The van der Waals surface area contributed by atoms with Gasteiger partial charge in [-0.05, 0) is 58.2 Å². The van der Waals surface area contributed by atoms with Crippen LogP contribution in [0.25, 0.3) is 0 Å². The van der Waals surface area contributed by atoms with Crippen LogP contribution in [-0.2, 0) is 4.74 Å². The molecule has 0 radical (unpaired) electrons. The summed E-state index contributed by atoms with van der Waals surface area (Å²) in [6, 6.07) is 0.614. The normalized spacial score (nSPS) is 32.0. The maximum absolute atomic E-state index is 6.06. The fourth-order valence-corrected chi connectivity index (χ4v) is 3.74. The van der Waals surface area contributed by atoms with Crippen molar-refractivity contribution >= 4 is 0 Å². The van der Waals surface area contributed by atoms with E-state index in [9.17, 15) is 0 Å². The van der Waals surface area contributed by atoms with Gasteiger partial charge in [-0.2, -0.15) is 0 Å². The molecule has 0 bridgehead atoms. The van der Waals surface area contributed by atoms with E-state index in [-0.39, 0.29) is 0 Å². The maximum Gasteiger partial charge on any atom is 0.0702 e. The van der Waals surface area contributed by atoms with Crippen LogP contribution in [0.3, 0.4) is 0 Å². The standard InChI is InChI=1S/C15H30N2O/c1-13-14(6-11-18-13)17(2)10-9-15(12-16)7-4-3-5-8-15/h13-14H,3-12,16H2,1-2H3. The van der Waals surface area contributed by atoms with Crippen molar-refractivity contribution in [1.29, 1.82) is 0 Å². The largest absolute Gasteiger partial charge is 0.377 e. The van der Waals surface area contributed by atoms with Crippen molar-refractivity contribution in [3.63, 3.8) is 0 Å². The minimum absolute atomic E-state index is 0.398. The van der Waals surface area contributed by atoms with Gasteiger partial charge in [0.1, 0.15) is 0 Å². The van der Waals surface area contributed by atoms with Gasteiger partial charge in [0.2, 0.25) is 0 Å². The highest BCUT2D eigenvalue weighted by atomic mass is 16.5. The van der Waals surface area contributed by atoms with Gasteiger partial charge in [-0.25, -0.2) is 0 Å². The molecule has 2 atom stereocenters. The molecule has 0 spiro atoms. The van der Waals surface area contributed by atoms with Crippen LogP contribution < -0.4 is 5.73 Å². The molecule has 0 aromatic carbocycles. The molecule has 1 heterocycles. The summed E-state index contributed by atoms with van der Waals surface area (Å²) in [5, 5.41) is 0. The van der Waals surface area contributed by atoms with E-state index in [0.29, 0.717) is 17.6 Å². The van der Waals surface area contributed by atoms with Crippen molar-refractivity contribution < 1.29 is 4.74 Å². The number of rotatable bonds is 5. The van der Waals surface area contributed by atoms with Gasteiger partial charge >= 0.3 is 0 Å². The molecule has 3 nitrogen and oxygen atoms in total. The first kappa shape index (κ1) is 14.3. The van der Waals surface area contributed by atoms with Crippen LogP contribution in [0, 0.1) is 5.41 Å². The van der Waals surface area contributed by atoms with Crippen LogP contribution in [0.4, 0.5) is 0 Å². The lowest BCUT2D eigenvalue weighted by molar-refractivity contribution is 0.0736. The maximum atomic E-state index is 6.06. The van der Waals surface area contributed by atoms with Crippen LogP contribution in [-0.4, -0.2) is 43.8 Å². The Balaban J connectivity index is 1.81. The summed E-state index contributed by atoms with van der Waals surface area (Å²) in [5.41, 5.74) is 6.50. The molecule has 2 unspecified atom stereocenters. The van der Waals surface area contributed by atoms with E-state index in [2.05, 4.69) is 18.9 Å². The summed E-state index contributed by atoms with van der Waals surface area (Å²) in [7, 11) is 2.25. The Bertz CT molecular complexity index is 251. The second kappa shape index (κ2) is 6.36. The highest BCUT2D eigenvalue weighted by Gasteiger charge is 2.33. The third kappa shape index (κ3) is 3.25.